The highest BCUT2D eigenvalue weighted by atomic mass is 35.5. The number of halogens is 2. The highest BCUT2D eigenvalue weighted by molar-refractivity contribution is 6.54. The van der Waals surface area contributed by atoms with Gasteiger partial charge in [-0.25, -0.2) is 0 Å². The summed E-state index contributed by atoms with van der Waals surface area (Å²) in [6.07, 6.45) is 5.48. The van der Waals surface area contributed by atoms with Gasteiger partial charge in [0.1, 0.15) is 0 Å². The van der Waals surface area contributed by atoms with Crippen molar-refractivity contribution in [3.05, 3.63) is 23.8 Å². The molecular weight excluding hydrogens is 389 g/mol. The molecule has 0 aliphatic carbocycles. The number of hydrogen-bond acceptors (Lipinski definition) is 4. The normalized spacial score (nSPS) is 20.0. The number of hydrogen-bond donors (Lipinski definition) is 2. The molecule has 2 amide bonds. The lowest BCUT2D eigenvalue weighted by molar-refractivity contribution is -0.114. The third kappa shape index (κ3) is 5.50. The predicted octanol–water partition coefficient (Wildman–Crippen LogP) is 3.33. The van der Waals surface area contributed by atoms with Gasteiger partial charge in [-0.05, 0) is 50.3 Å². The highest BCUT2D eigenvalue weighted by Crippen LogP contribution is 2.27. The average molecular weight is 414 g/mol. The topological polar surface area (TPSA) is 70.7 Å². The first kappa shape index (κ1) is 20.2. The fraction of sp³-hybridized carbons (Fsp3) is 0.579. The number of piperidine rings is 1. The first-order chi connectivity index (χ1) is 13.0. The highest BCUT2D eigenvalue weighted by Gasteiger charge is 2.22. The SMILES string of the molecule is O=C(NCC1CCCO1)c1cc(NC(=O)C(Cl)Cl)ccc1N1CCCCC1. The lowest BCUT2D eigenvalue weighted by Gasteiger charge is -2.30. The minimum Gasteiger partial charge on any atom is -0.376 e. The Labute approximate surface area is 169 Å². The molecule has 2 aliphatic rings. The molecule has 8 heteroatoms. The molecule has 1 unspecified atom stereocenters. The van der Waals surface area contributed by atoms with Crippen LogP contribution in [-0.4, -0.2) is 49.0 Å². The molecule has 0 bridgehead atoms. The van der Waals surface area contributed by atoms with Crippen LogP contribution in [0.3, 0.4) is 0 Å². The van der Waals surface area contributed by atoms with E-state index in [1.165, 1.54) is 6.42 Å². The minimum atomic E-state index is -1.16. The van der Waals surface area contributed by atoms with Gasteiger partial charge in [0.2, 0.25) is 0 Å². The molecular formula is C19H25Cl2N3O3. The number of alkyl halides is 2. The fourth-order valence-corrected chi connectivity index (χ4v) is 3.62. The van der Waals surface area contributed by atoms with Crippen LogP contribution in [0.4, 0.5) is 11.4 Å². The Bertz CT molecular complexity index is 672. The number of carbonyl (C=O) groups is 2. The summed E-state index contributed by atoms with van der Waals surface area (Å²) in [4.78, 5) is 25.7. The fourth-order valence-electron chi connectivity index (χ4n) is 3.51. The first-order valence-corrected chi connectivity index (χ1v) is 10.3. The van der Waals surface area contributed by atoms with Gasteiger partial charge in [0.05, 0.1) is 11.7 Å². The molecule has 0 saturated carbocycles. The second-order valence-corrected chi connectivity index (χ2v) is 8.01. The Morgan fingerprint density at radius 1 is 1.19 bits per heavy atom. The van der Waals surface area contributed by atoms with E-state index in [9.17, 15) is 9.59 Å². The number of nitrogens with one attached hydrogen (secondary N) is 2. The van der Waals surface area contributed by atoms with Gasteiger partial charge in [0.25, 0.3) is 11.8 Å². The van der Waals surface area contributed by atoms with Crippen LogP contribution in [0.1, 0.15) is 42.5 Å². The number of benzene rings is 1. The maximum absolute atomic E-state index is 12.9. The van der Waals surface area contributed by atoms with Crippen LogP contribution in [0.5, 0.6) is 0 Å². The molecule has 1 aromatic rings. The van der Waals surface area contributed by atoms with Gasteiger partial charge >= 0.3 is 0 Å². The van der Waals surface area contributed by atoms with Crippen LogP contribution in [0.25, 0.3) is 0 Å². The van der Waals surface area contributed by atoms with Crippen molar-refractivity contribution in [2.75, 3.05) is 36.5 Å². The van der Waals surface area contributed by atoms with E-state index in [0.29, 0.717) is 17.8 Å². The van der Waals surface area contributed by atoms with Crippen LogP contribution in [0.2, 0.25) is 0 Å². The predicted molar refractivity (Wildman–Crippen MR) is 108 cm³/mol. The molecule has 6 nitrogen and oxygen atoms in total. The lowest BCUT2D eigenvalue weighted by atomic mass is 10.1. The molecule has 148 valence electrons. The molecule has 2 heterocycles. The second kappa shape index (κ2) is 9.62. The Morgan fingerprint density at radius 2 is 1.96 bits per heavy atom. The maximum atomic E-state index is 12.9. The molecule has 1 aromatic carbocycles. The number of amides is 2. The third-order valence-electron chi connectivity index (χ3n) is 4.92. The lowest BCUT2D eigenvalue weighted by Crippen LogP contribution is -2.35. The van der Waals surface area contributed by atoms with Crippen molar-refractivity contribution >= 4 is 46.4 Å². The van der Waals surface area contributed by atoms with Crippen molar-refractivity contribution in [3.63, 3.8) is 0 Å². The summed E-state index contributed by atoms with van der Waals surface area (Å²) < 4.78 is 5.58. The minimum absolute atomic E-state index is 0.0727. The third-order valence-corrected chi connectivity index (χ3v) is 5.31. The quantitative estimate of drug-likeness (QED) is 0.701. The smallest absolute Gasteiger partial charge is 0.257 e. The number of anilines is 2. The molecule has 2 aliphatic heterocycles. The van der Waals surface area contributed by atoms with E-state index in [0.717, 1.165) is 51.1 Å². The molecule has 0 aromatic heterocycles. The van der Waals surface area contributed by atoms with E-state index in [2.05, 4.69) is 15.5 Å². The van der Waals surface area contributed by atoms with Crippen molar-refractivity contribution in [2.45, 2.75) is 43.0 Å². The molecule has 3 rings (SSSR count). The van der Waals surface area contributed by atoms with E-state index >= 15 is 0 Å². The van der Waals surface area contributed by atoms with Crippen LogP contribution in [0.15, 0.2) is 18.2 Å². The van der Waals surface area contributed by atoms with Gasteiger partial charge in [-0.2, -0.15) is 0 Å². The number of ether oxygens (including phenoxy) is 1. The molecule has 2 fully saturated rings. The van der Waals surface area contributed by atoms with Crippen molar-refractivity contribution in [1.29, 1.82) is 0 Å². The zero-order chi connectivity index (χ0) is 19.2. The molecule has 2 N–H and O–H groups in total. The zero-order valence-electron chi connectivity index (χ0n) is 15.2. The summed E-state index contributed by atoms with van der Waals surface area (Å²) in [7, 11) is 0. The summed E-state index contributed by atoms with van der Waals surface area (Å²) in [5, 5.41) is 5.61. The maximum Gasteiger partial charge on any atom is 0.257 e. The average Bonchev–Trinajstić information content (AvgIpc) is 3.20. The van der Waals surface area contributed by atoms with E-state index in [-0.39, 0.29) is 12.0 Å². The van der Waals surface area contributed by atoms with Gasteiger partial charge in [0, 0.05) is 37.6 Å². The van der Waals surface area contributed by atoms with Crippen molar-refractivity contribution in [3.8, 4) is 0 Å². The number of carbonyl (C=O) groups excluding carboxylic acids is 2. The summed E-state index contributed by atoms with van der Waals surface area (Å²) in [6.45, 7) is 3.08. The van der Waals surface area contributed by atoms with Crippen LogP contribution < -0.4 is 15.5 Å². The molecule has 0 radical (unpaired) electrons. The Balaban J connectivity index is 1.78. The first-order valence-electron chi connectivity index (χ1n) is 9.42. The molecule has 0 spiro atoms. The van der Waals surface area contributed by atoms with Gasteiger partial charge < -0.3 is 20.3 Å². The van der Waals surface area contributed by atoms with Crippen LogP contribution in [0, 0.1) is 0 Å². The van der Waals surface area contributed by atoms with Crippen LogP contribution >= 0.6 is 23.2 Å². The van der Waals surface area contributed by atoms with Crippen molar-refractivity contribution < 1.29 is 14.3 Å². The van der Waals surface area contributed by atoms with Crippen molar-refractivity contribution in [1.82, 2.24) is 5.32 Å². The molecule has 1 atom stereocenters. The Hall–Kier alpha value is -1.50. The van der Waals surface area contributed by atoms with Crippen LogP contribution in [-0.2, 0) is 9.53 Å². The van der Waals surface area contributed by atoms with Crippen molar-refractivity contribution in [2.24, 2.45) is 0 Å². The number of nitrogens with zero attached hydrogens (tertiary/aromatic N) is 1. The summed E-state index contributed by atoms with van der Waals surface area (Å²) in [5.41, 5.74) is 1.91. The molecule has 27 heavy (non-hydrogen) atoms. The van der Waals surface area contributed by atoms with Gasteiger partial charge in [-0.15, -0.1) is 0 Å². The summed E-state index contributed by atoms with van der Waals surface area (Å²) in [5.74, 6) is -0.690. The Kier molecular flexibility index (Phi) is 7.21. The van der Waals surface area contributed by atoms with Gasteiger partial charge in [0.15, 0.2) is 4.84 Å². The van der Waals surface area contributed by atoms with Gasteiger partial charge in [-0.3, -0.25) is 9.59 Å². The second-order valence-electron chi connectivity index (χ2n) is 6.91. The monoisotopic (exact) mass is 413 g/mol. The summed E-state index contributed by atoms with van der Waals surface area (Å²) in [6, 6.07) is 5.33. The van der Waals surface area contributed by atoms with E-state index in [1.807, 2.05) is 6.07 Å². The standard InChI is InChI=1S/C19H25Cl2N3O3/c20-17(21)19(26)23-13-6-7-16(24-8-2-1-3-9-24)15(11-13)18(25)22-12-14-5-4-10-27-14/h6-7,11,14,17H,1-5,8-10,12H2,(H,22,25)(H,23,26). The largest absolute Gasteiger partial charge is 0.376 e. The molecule has 2 saturated heterocycles. The van der Waals surface area contributed by atoms with E-state index in [1.54, 1.807) is 12.1 Å². The van der Waals surface area contributed by atoms with Gasteiger partial charge in [-0.1, -0.05) is 23.2 Å². The van der Waals surface area contributed by atoms with E-state index < -0.39 is 10.7 Å². The van der Waals surface area contributed by atoms with E-state index in [4.69, 9.17) is 27.9 Å². The Morgan fingerprint density at radius 3 is 2.63 bits per heavy atom. The number of rotatable bonds is 6. The summed E-state index contributed by atoms with van der Waals surface area (Å²) >= 11 is 11.2. The zero-order valence-corrected chi connectivity index (χ0v) is 16.7.